The standard InChI is InChI=1S/C13H15F4N3O3.2ClH/c14-12(15)13(16,17)6-23-10-2-1-7(4-19-10)20-11(22)9-3-8(21)5-18-9;;/h1-2,4,8-9,12,18,21H,3,5-6H2,(H,20,22);2*1H. The lowest BCUT2D eigenvalue weighted by Gasteiger charge is -2.15. The number of nitrogens with one attached hydrogen (secondary N) is 2. The number of hydrogen-bond donors (Lipinski definition) is 3. The molecule has 12 heteroatoms. The minimum absolute atomic E-state index is 0. The predicted octanol–water partition coefficient (Wildman–Crippen LogP) is 1.87. The van der Waals surface area contributed by atoms with Crippen LogP contribution in [0.1, 0.15) is 6.42 Å². The summed E-state index contributed by atoms with van der Waals surface area (Å²) < 4.78 is 53.9. The first-order chi connectivity index (χ1) is 10.8. The molecule has 144 valence electrons. The van der Waals surface area contributed by atoms with E-state index in [9.17, 15) is 27.5 Å². The number of halogens is 6. The van der Waals surface area contributed by atoms with Crippen molar-refractivity contribution >= 4 is 36.4 Å². The number of aromatic nitrogens is 1. The number of rotatable bonds is 6. The summed E-state index contributed by atoms with van der Waals surface area (Å²) in [5.74, 6) is -4.90. The number of anilines is 1. The zero-order valence-corrected chi connectivity index (χ0v) is 14.3. The quantitative estimate of drug-likeness (QED) is 0.624. The Kier molecular flexibility index (Phi) is 9.41. The molecule has 25 heavy (non-hydrogen) atoms. The Bertz CT molecular complexity index is 552. The smallest absolute Gasteiger partial charge is 0.340 e. The summed E-state index contributed by atoms with van der Waals surface area (Å²) in [4.78, 5) is 15.5. The van der Waals surface area contributed by atoms with E-state index in [4.69, 9.17) is 0 Å². The summed E-state index contributed by atoms with van der Waals surface area (Å²) in [6, 6.07) is 1.98. The molecule has 2 rings (SSSR count). The second-order valence-corrected chi connectivity index (χ2v) is 5.08. The summed E-state index contributed by atoms with van der Waals surface area (Å²) in [6.07, 6.45) is -2.98. The van der Waals surface area contributed by atoms with Crippen molar-refractivity contribution in [1.29, 1.82) is 0 Å². The highest BCUT2D eigenvalue weighted by atomic mass is 35.5. The van der Waals surface area contributed by atoms with Crippen LogP contribution in [0.2, 0.25) is 0 Å². The van der Waals surface area contributed by atoms with Gasteiger partial charge in [-0.25, -0.2) is 13.8 Å². The molecular weight excluding hydrogens is 393 g/mol. The topological polar surface area (TPSA) is 83.5 Å². The molecule has 0 radical (unpaired) electrons. The summed E-state index contributed by atoms with van der Waals surface area (Å²) in [5.41, 5.74) is 0.283. The number of carbonyl (C=O) groups excluding carboxylic acids is 1. The fourth-order valence-electron chi connectivity index (χ4n) is 1.92. The van der Waals surface area contributed by atoms with E-state index in [2.05, 4.69) is 20.4 Å². The zero-order valence-electron chi connectivity index (χ0n) is 12.6. The number of hydrogen-bond acceptors (Lipinski definition) is 5. The van der Waals surface area contributed by atoms with Gasteiger partial charge >= 0.3 is 12.3 Å². The van der Waals surface area contributed by atoms with Crippen LogP contribution >= 0.6 is 24.8 Å². The Morgan fingerprint density at radius 1 is 1.44 bits per heavy atom. The normalized spacial score (nSPS) is 19.8. The third-order valence-corrected chi connectivity index (χ3v) is 3.16. The Morgan fingerprint density at radius 2 is 2.12 bits per heavy atom. The van der Waals surface area contributed by atoms with Gasteiger partial charge in [0.2, 0.25) is 11.8 Å². The van der Waals surface area contributed by atoms with E-state index in [1.165, 1.54) is 12.1 Å². The van der Waals surface area contributed by atoms with Gasteiger partial charge in [0.25, 0.3) is 0 Å². The van der Waals surface area contributed by atoms with E-state index in [-0.39, 0.29) is 48.7 Å². The number of carbonyl (C=O) groups is 1. The monoisotopic (exact) mass is 409 g/mol. The Balaban J connectivity index is 0.00000288. The second kappa shape index (κ2) is 9.95. The van der Waals surface area contributed by atoms with Gasteiger partial charge in [0, 0.05) is 12.6 Å². The van der Waals surface area contributed by atoms with Crippen molar-refractivity contribution in [2.75, 3.05) is 18.5 Å². The lowest BCUT2D eigenvalue weighted by molar-refractivity contribution is -0.148. The molecule has 1 aliphatic rings. The first-order valence-corrected chi connectivity index (χ1v) is 6.75. The third kappa shape index (κ3) is 6.81. The maximum Gasteiger partial charge on any atom is 0.340 e. The first kappa shape index (κ1) is 23.6. The maximum atomic E-state index is 12.7. The molecule has 2 unspecified atom stereocenters. The molecule has 0 spiro atoms. The third-order valence-electron chi connectivity index (χ3n) is 3.16. The summed E-state index contributed by atoms with van der Waals surface area (Å²) >= 11 is 0. The van der Waals surface area contributed by atoms with Crippen molar-refractivity contribution in [3.8, 4) is 5.88 Å². The van der Waals surface area contributed by atoms with E-state index in [1.807, 2.05) is 0 Å². The Morgan fingerprint density at radius 3 is 2.60 bits per heavy atom. The van der Waals surface area contributed by atoms with Crippen LogP contribution in [0.3, 0.4) is 0 Å². The maximum absolute atomic E-state index is 12.7. The van der Waals surface area contributed by atoms with Gasteiger partial charge in [-0.1, -0.05) is 0 Å². The molecule has 1 saturated heterocycles. The molecular formula is C13H17Cl2F4N3O3. The molecule has 2 atom stereocenters. The second-order valence-electron chi connectivity index (χ2n) is 5.08. The molecule has 1 aromatic rings. The highest BCUT2D eigenvalue weighted by Gasteiger charge is 2.41. The van der Waals surface area contributed by atoms with E-state index in [1.54, 1.807) is 0 Å². The number of nitrogens with zero attached hydrogens (tertiary/aromatic N) is 1. The molecule has 1 aliphatic heterocycles. The van der Waals surface area contributed by atoms with Crippen LogP contribution in [-0.4, -0.2) is 53.6 Å². The van der Waals surface area contributed by atoms with Gasteiger partial charge in [0.05, 0.1) is 24.0 Å². The van der Waals surface area contributed by atoms with Gasteiger partial charge in [-0.05, 0) is 12.5 Å². The van der Waals surface area contributed by atoms with E-state index in [0.717, 1.165) is 6.20 Å². The van der Waals surface area contributed by atoms with Gasteiger partial charge in [-0.15, -0.1) is 24.8 Å². The van der Waals surface area contributed by atoms with Crippen LogP contribution in [-0.2, 0) is 4.79 Å². The Labute approximate surface area is 153 Å². The minimum atomic E-state index is -4.26. The fourth-order valence-corrected chi connectivity index (χ4v) is 1.92. The van der Waals surface area contributed by atoms with Crippen LogP contribution in [0, 0.1) is 0 Å². The molecule has 0 aliphatic carbocycles. The van der Waals surface area contributed by atoms with Gasteiger partial charge in [-0.2, -0.15) is 8.78 Å². The molecule has 0 aromatic carbocycles. The van der Waals surface area contributed by atoms with Crippen LogP contribution in [0.4, 0.5) is 23.2 Å². The van der Waals surface area contributed by atoms with Crippen molar-refractivity contribution in [3.05, 3.63) is 18.3 Å². The number of β-amino-alcohol motifs (C(OH)–C–C–N with tert-alkyl or cyclic N) is 1. The molecule has 2 heterocycles. The Hall–Kier alpha value is -1.36. The predicted molar refractivity (Wildman–Crippen MR) is 86.2 cm³/mol. The average molecular weight is 410 g/mol. The minimum Gasteiger partial charge on any atom is -0.471 e. The van der Waals surface area contributed by atoms with Crippen molar-refractivity contribution in [3.63, 3.8) is 0 Å². The van der Waals surface area contributed by atoms with Gasteiger partial charge in [0.1, 0.15) is 0 Å². The first-order valence-electron chi connectivity index (χ1n) is 6.75. The number of aliphatic hydroxyl groups excluding tert-OH is 1. The molecule has 0 bridgehead atoms. The van der Waals surface area contributed by atoms with Gasteiger partial charge < -0.3 is 20.5 Å². The molecule has 3 N–H and O–H groups in total. The van der Waals surface area contributed by atoms with Crippen molar-refractivity contribution in [1.82, 2.24) is 10.3 Å². The summed E-state index contributed by atoms with van der Waals surface area (Å²) in [6.45, 7) is -1.17. The van der Waals surface area contributed by atoms with Crippen LogP contribution in [0.15, 0.2) is 18.3 Å². The average Bonchev–Trinajstić information content (AvgIpc) is 2.93. The van der Waals surface area contributed by atoms with E-state index < -0.39 is 31.1 Å². The molecule has 0 saturated carbocycles. The highest BCUT2D eigenvalue weighted by molar-refractivity contribution is 5.94. The van der Waals surface area contributed by atoms with Crippen molar-refractivity contribution < 1.29 is 32.2 Å². The van der Waals surface area contributed by atoms with Crippen molar-refractivity contribution in [2.24, 2.45) is 0 Å². The van der Waals surface area contributed by atoms with E-state index in [0.29, 0.717) is 6.54 Å². The fraction of sp³-hybridized carbons (Fsp3) is 0.538. The highest BCUT2D eigenvalue weighted by Crippen LogP contribution is 2.24. The largest absolute Gasteiger partial charge is 0.471 e. The summed E-state index contributed by atoms with van der Waals surface area (Å²) in [7, 11) is 0. The zero-order chi connectivity index (χ0) is 17.0. The lowest BCUT2D eigenvalue weighted by atomic mass is 10.2. The molecule has 1 fully saturated rings. The van der Waals surface area contributed by atoms with Crippen LogP contribution in [0.25, 0.3) is 0 Å². The number of amides is 1. The molecule has 1 amide bonds. The number of aliphatic hydroxyl groups is 1. The van der Waals surface area contributed by atoms with Crippen LogP contribution in [0.5, 0.6) is 5.88 Å². The molecule has 1 aromatic heterocycles. The van der Waals surface area contributed by atoms with Crippen LogP contribution < -0.4 is 15.4 Å². The number of alkyl halides is 4. The van der Waals surface area contributed by atoms with Crippen molar-refractivity contribution in [2.45, 2.75) is 30.9 Å². The summed E-state index contributed by atoms with van der Waals surface area (Å²) in [5, 5.41) is 14.7. The SMILES string of the molecule is Cl.Cl.O=C(Nc1ccc(OCC(F)(F)C(F)F)nc1)C1CC(O)CN1. The van der Waals surface area contributed by atoms with Gasteiger partial charge in [-0.3, -0.25) is 4.79 Å². The lowest BCUT2D eigenvalue weighted by Crippen LogP contribution is -2.35. The van der Waals surface area contributed by atoms with E-state index >= 15 is 0 Å². The number of ether oxygens (including phenoxy) is 1. The van der Waals surface area contributed by atoms with Gasteiger partial charge in [0.15, 0.2) is 6.61 Å². The number of pyridine rings is 1. The molecule has 6 nitrogen and oxygen atoms in total.